The van der Waals surface area contributed by atoms with Crippen molar-refractivity contribution in [3.63, 3.8) is 0 Å². The Kier molecular flexibility index (Phi) is 4.50. The molecule has 5 nitrogen and oxygen atoms in total. The van der Waals surface area contributed by atoms with Gasteiger partial charge in [-0.2, -0.15) is 0 Å². The Morgan fingerprint density at radius 1 is 1.48 bits per heavy atom. The summed E-state index contributed by atoms with van der Waals surface area (Å²) in [5.41, 5.74) is 0.438. The molecular weight excluding hydrogens is 268 g/mol. The number of hydrogen-bond acceptors (Lipinski definition) is 4. The second kappa shape index (κ2) is 6.16. The zero-order valence-corrected chi connectivity index (χ0v) is 12.8. The maximum absolute atomic E-state index is 12.0. The predicted octanol–water partition coefficient (Wildman–Crippen LogP) is 3.11. The molecule has 1 aromatic rings. The van der Waals surface area contributed by atoms with E-state index in [4.69, 9.17) is 9.47 Å². The summed E-state index contributed by atoms with van der Waals surface area (Å²) >= 11 is 0. The standard InChI is InChI=1S/C16H22N2O3/c1-5-12-8-14(10-17-9-12)20-13-6-7-18(11-13)15(19)21-16(2,3)4/h5,8-10,13H,1,6-7,11H2,2-4H3/t13-/m1/s1. The van der Waals surface area contributed by atoms with Crippen molar-refractivity contribution in [3.05, 3.63) is 30.6 Å². The molecule has 1 aromatic heterocycles. The first-order valence-corrected chi connectivity index (χ1v) is 7.09. The van der Waals surface area contributed by atoms with E-state index in [-0.39, 0.29) is 12.2 Å². The van der Waals surface area contributed by atoms with Gasteiger partial charge in [-0.05, 0) is 32.4 Å². The van der Waals surface area contributed by atoms with E-state index in [0.29, 0.717) is 18.8 Å². The van der Waals surface area contributed by atoms with Gasteiger partial charge in [0.05, 0.1) is 12.7 Å². The largest absolute Gasteiger partial charge is 0.487 e. The smallest absolute Gasteiger partial charge is 0.410 e. The van der Waals surface area contributed by atoms with Gasteiger partial charge in [-0.3, -0.25) is 4.98 Å². The summed E-state index contributed by atoms with van der Waals surface area (Å²) in [6, 6.07) is 1.89. The molecular formula is C16H22N2O3. The lowest BCUT2D eigenvalue weighted by atomic mass is 10.2. The molecule has 1 atom stereocenters. The highest BCUT2D eigenvalue weighted by Crippen LogP contribution is 2.20. The Bertz CT molecular complexity index is 522. The Labute approximate surface area is 125 Å². The van der Waals surface area contributed by atoms with Crippen molar-refractivity contribution < 1.29 is 14.3 Å². The number of carbonyl (C=O) groups is 1. The van der Waals surface area contributed by atoms with E-state index >= 15 is 0 Å². The minimum Gasteiger partial charge on any atom is -0.487 e. The van der Waals surface area contributed by atoms with Crippen LogP contribution in [-0.4, -0.2) is 40.8 Å². The summed E-state index contributed by atoms with van der Waals surface area (Å²) in [4.78, 5) is 17.8. The van der Waals surface area contributed by atoms with Gasteiger partial charge in [-0.25, -0.2) is 4.79 Å². The zero-order chi connectivity index (χ0) is 15.5. The van der Waals surface area contributed by atoms with Gasteiger partial charge in [0.15, 0.2) is 0 Å². The number of pyridine rings is 1. The zero-order valence-electron chi connectivity index (χ0n) is 12.8. The van der Waals surface area contributed by atoms with Gasteiger partial charge in [-0.15, -0.1) is 0 Å². The molecule has 1 amide bonds. The van der Waals surface area contributed by atoms with Crippen LogP contribution in [0.4, 0.5) is 4.79 Å². The molecule has 21 heavy (non-hydrogen) atoms. The van der Waals surface area contributed by atoms with Gasteiger partial charge in [-0.1, -0.05) is 12.7 Å². The Hall–Kier alpha value is -2.04. The van der Waals surface area contributed by atoms with Crippen LogP contribution in [0.15, 0.2) is 25.0 Å². The number of carbonyl (C=O) groups excluding carboxylic acids is 1. The van der Waals surface area contributed by atoms with E-state index < -0.39 is 5.60 Å². The van der Waals surface area contributed by atoms with Crippen LogP contribution >= 0.6 is 0 Å². The SMILES string of the molecule is C=Cc1cncc(O[C@@H]2CCN(C(=O)OC(C)(C)C)C2)c1. The summed E-state index contributed by atoms with van der Waals surface area (Å²) in [7, 11) is 0. The Balaban J connectivity index is 1.90. The topological polar surface area (TPSA) is 51.7 Å². The molecule has 1 saturated heterocycles. The van der Waals surface area contributed by atoms with Crippen molar-refractivity contribution in [3.8, 4) is 5.75 Å². The first-order chi connectivity index (χ1) is 9.87. The van der Waals surface area contributed by atoms with Crippen molar-refractivity contribution in [2.24, 2.45) is 0 Å². The van der Waals surface area contributed by atoms with Crippen LogP contribution in [-0.2, 0) is 4.74 Å². The molecule has 0 N–H and O–H groups in total. The van der Waals surface area contributed by atoms with Gasteiger partial charge in [0.1, 0.15) is 17.5 Å². The molecule has 0 aliphatic carbocycles. The van der Waals surface area contributed by atoms with Gasteiger partial charge in [0.2, 0.25) is 0 Å². The van der Waals surface area contributed by atoms with E-state index in [1.165, 1.54) is 0 Å². The number of hydrogen-bond donors (Lipinski definition) is 0. The third-order valence-electron chi connectivity index (χ3n) is 3.07. The van der Waals surface area contributed by atoms with Gasteiger partial charge < -0.3 is 14.4 Å². The van der Waals surface area contributed by atoms with Crippen LogP contribution in [0.1, 0.15) is 32.8 Å². The van der Waals surface area contributed by atoms with Crippen LogP contribution in [0.2, 0.25) is 0 Å². The quantitative estimate of drug-likeness (QED) is 0.858. The molecule has 0 radical (unpaired) electrons. The van der Waals surface area contributed by atoms with Crippen LogP contribution in [0, 0.1) is 0 Å². The number of nitrogens with zero attached hydrogens (tertiary/aromatic N) is 2. The molecule has 5 heteroatoms. The molecule has 2 rings (SSSR count). The van der Waals surface area contributed by atoms with Gasteiger partial charge in [0, 0.05) is 19.2 Å². The molecule has 1 fully saturated rings. The third kappa shape index (κ3) is 4.48. The van der Waals surface area contributed by atoms with Crippen LogP contribution in [0.5, 0.6) is 5.75 Å². The van der Waals surface area contributed by atoms with Crippen LogP contribution < -0.4 is 4.74 Å². The Morgan fingerprint density at radius 3 is 2.90 bits per heavy atom. The van der Waals surface area contributed by atoms with E-state index in [9.17, 15) is 4.79 Å². The van der Waals surface area contributed by atoms with Crippen LogP contribution in [0.25, 0.3) is 6.08 Å². The molecule has 0 aromatic carbocycles. The van der Waals surface area contributed by atoms with E-state index in [1.54, 1.807) is 23.4 Å². The normalized spacial score (nSPS) is 18.4. The average Bonchev–Trinajstić information content (AvgIpc) is 2.85. The van der Waals surface area contributed by atoms with Crippen molar-refractivity contribution >= 4 is 12.2 Å². The summed E-state index contributed by atoms with van der Waals surface area (Å²) in [6.45, 7) is 10.5. The molecule has 0 saturated carbocycles. The van der Waals surface area contributed by atoms with E-state index in [2.05, 4.69) is 11.6 Å². The second-order valence-electron chi connectivity index (χ2n) is 6.11. The number of rotatable bonds is 3. The maximum atomic E-state index is 12.0. The minimum absolute atomic E-state index is 0.0283. The molecule has 1 aliphatic heterocycles. The third-order valence-corrected chi connectivity index (χ3v) is 3.07. The minimum atomic E-state index is -0.474. The molecule has 0 unspecified atom stereocenters. The number of aromatic nitrogens is 1. The highest BCUT2D eigenvalue weighted by atomic mass is 16.6. The van der Waals surface area contributed by atoms with Gasteiger partial charge in [0.25, 0.3) is 0 Å². The van der Waals surface area contributed by atoms with Crippen molar-refractivity contribution in [2.75, 3.05) is 13.1 Å². The molecule has 1 aliphatic rings. The fourth-order valence-corrected chi connectivity index (χ4v) is 2.12. The van der Waals surface area contributed by atoms with Crippen molar-refractivity contribution in [1.29, 1.82) is 0 Å². The van der Waals surface area contributed by atoms with Gasteiger partial charge >= 0.3 is 6.09 Å². The second-order valence-corrected chi connectivity index (χ2v) is 6.11. The Morgan fingerprint density at radius 2 is 2.24 bits per heavy atom. The summed E-state index contributed by atoms with van der Waals surface area (Å²) in [5.74, 6) is 0.698. The number of likely N-dealkylation sites (tertiary alicyclic amines) is 1. The highest BCUT2D eigenvalue weighted by Gasteiger charge is 2.30. The number of amides is 1. The summed E-state index contributed by atoms with van der Waals surface area (Å²) < 4.78 is 11.2. The lowest BCUT2D eigenvalue weighted by molar-refractivity contribution is 0.0275. The highest BCUT2D eigenvalue weighted by molar-refractivity contribution is 5.68. The van der Waals surface area contributed by atoms with E-state index in [0.717, 1.165) is 12.0 Å². The maximum Gasteiger partial charge on any atom is 0.410 e. The lowest BCUT2D eigenvalue weighted by Gasteiger charge is -2.24. The number of ether oxygens (including phenoxy) is 2. The average molecular weight is 290 g/mol. The monoisotopic (exact) mass is 290 g/mol. The first-order valence-electron chi connectivity index (χ1n) is 7.09. The summed E-state index contributed by atoms with van der Waals surface area (Å²) in [5, 5.41) is 0. The fourth-order valence-electron chi connectivity index (χ4n) is 2.12. The van der Waals surface area contributed by atoms with Crippen molar-refractivity contribution in [2.45, 2.75) is 38.9 Å². The molecule has 2 heterocycles. The summed E-state index contributed by atoms with van der Waals surface area (Å²) in [6.07, 6.45) is 5.59. The van der Waals surface area contributed by atoms with Crippen LogP contribution in [0.3, 0.4) is 0 Å². The molecule has 114 valence electrons. The van der Waals surface area contributed by atoms with Crippen molar-refractivity contribution in [1.82, 2.24) is 9.88 Å². The fraction of sp³-hybridized carbons (Fsp3) is 0.500. The first kappa shape index (κ1) is 15.4. The lowest BCUT2D eigenvalue weighted by Crippen LogP contribution is -2.36. The predicted molar refractivity (Wildman–Crippen MR) is 81.2 cm³/mol. The van der Waals surface area contributed by atoms with E-state index in [1.807, 2.05) is 26.8 Å². The molecule has 0 spiro atoms. The molecule has 0 bridgehead atoms.